The Labute approximate surface area is 77.7 Å². The van der Waals surface area contributed by atoms with Crippen LogP contribution in [0.3, 0.4) is 0 Å². The van der Waals surface area contributed by atoms with Gasteiger partial charge in [0.2, 0.25) is 0 Å². The van der Waals surface area contributed by atoms with Gasteiger partial charge in [-0.15, -0.1) is 0 Å². The molecule has 1 saturated carbocycles. The molecule has 0 heterocycles. The molecule has 1 aliphatic rings. The van der Waals surface area contributed by atoms with Crippen LogP contribution in [-0.4, -0.2) is 0 Å². The van der Waals surface area contributed by atoms with Crippen molar-refractivity contribution < 1.29 is 0 Å². The number of rotatable bonds is 2. The molecule has 0 aromatic heterocycles. The highest BCUT2D eigenvalue weighted by Gasteiger charge is 2.38. The van der Waals surface area contributed by atoms with Gasteiger partial charge in [0.1, 0.15) is 0 Å². The Balaban J connectivity index is 2.65. The smallest absolute Gasteiger partial charge is 0.0358 e. The van der Waals surface area contributed by atoms with E-state index in [1.54, 1.807) is 0 Å². The zero-order valence-electron chi connectivity index (χ0n) is 9.30. The normalized spacial score (nSPS) is 42.5. The summed E-state index contributed by atoms with van der Waals surface area (Å²) in [5.74, 6) is 4.81. The molecule has 0 aromatic carbocycles. The van der Waals surface area contributed by atoms with E-state index in [4.69, 9.17) is 0 Å². The van der Waals surface area contributed by atoms with E-state index in [2.05, 4.69) is 34.6 Å². The lowest BCUT2D eigenvalue weighted by molar-refractivity contribution is 0.250. The van der Waals surface area contributed by atoms with Gasteiger partial charge in [-0.1, -0.05) is 41.0 Å². The van der Waals surface area contributed by atoms with Gasteiger partial charge in [0.05, 0.1) is 0 Å². The second-order valence-corrected chi connectivity index (χ2v) is 5.05. The highest BCUT2D eigenvalue weighted by atomic mass is 14.4. The lowest BCUT2D eigenvalue weighted by Crippen LogP contribution is -2.17. The maximum atomic E-state index is 2.45. The van der Waals surface area contributed by atoms with Crippen LogP contribution in [0.25, 0.3) is 0 Å². The molecule has 0 spiro atoms. The van der Waals surface area contributed by atoms with Gasteiger partial charge in [-0.25, -0.2) is 0 Å². The van der Waals surface area contributed by atoms with E-state index in [0.717, 1.165) is 29.6 Å². The van der Waals surface area contributed by atoms with Crippen LogP contribution in [-0.2, 0) is 0 Å². The quantitative estimate of drug-likeness (QED) is 0.585. The van der Waals surface area contributed by atoms with Crippen LogP contribution in [0.2, 0.25) is 0 Å². The van der Waals surface area contributed by atoms with Crippen molar-refractivity contribution in [1.29, 1.82) is 0 Å². The number of hydrogen-bond donors (Lipinski definition) is 0. The minimum absolute atomic E-state index is 0.891. The molecule has 0 nitrogen and oxygen atoms in total. The highest BCUT2D eigenvalue weighted by molar-refractivity contribution is 4.87. The second kappa shape index (κ2) is 3.81. The van der Waals surface area contributed by atoms with Crippen LogP contribution in [0.5, 0.6) is 0 Å². The predicted octanol–water partition coefficient (Wildman–Crippen LogP) is 3.96. The fourth-order valence-electron chi connectivity index (χ4n) is 3.07. The molecule has 1 rings (SSSR count). The molecule has 0 heteroatoms. The first kappa shape index (κ1) is 10.1. The summed E-state index contributed by atoms with van der Waals surface area (Å²) in [6.07, 6.45) is 2.85. The molecule has 0 aromatic rings. The van der Waals surface area contributed by atoms with Crippen LogP contribution in [0.15, 0.2) is 0 Å². The molecule has 1 fully saturated rings. The molecule has 4 unspecified atom stereocenters. The van der Waals surface area contributed by atoms with Gasteiger partial charge in [-0.3, -0.25) is 0 Å². The molecule has 0 saturated heterocycles. The topological polar surface area (TPSA) is 0 Å². The Kier molecular flexibility index (Phi) is 3.20. The zero-order valence-corrected chi connectivity index (χ0v) is 9.30. The van der Waals surface area contributed by atoms with E-state index in [1.165, 1.54) is 12.8 Å². The van der Waals surface area contributed by atoms with Crippen molar-refractivity contribution in [2.45, 2.75) is 47.5 Å². The largest absolute Gasteiger partial charge is 0.0651 e. The van der Waals surface area contributed by atoms with Crippen molar-refractivity contribution in [2.75, 3.05) is 0 Å². The van der Waals surface area contributed by atoms with Crippen molar-refractivity contribution in [3.8, 4) is 0 Å². The van der Waals surface area contributed by atoms with Crippen molar-refractivity contribution in [3.63, 3.8) is 0 Å². The summed E-state index contributed by atoms with van der Waals surface area (Å²) in [6.45, 7) is 12.0. The summed E-state index contributed by atoms with van der Waals surface area (Å²) < 4.78 is 0. The van der Waals surface area contributed by atoms with Crippen LogP contribution >= 0.6 is 0 Å². The molecule has 0 N–H and O–H groups in total. The Morgan fingerprint density at radius 3 is 2.17 bits per heavy atom. The molecule has 0 aliphatic heterocycles. The van der Waals surface area contributed by atoms with Crippen molar-refractivity contribution in [3.05, 3.63) is 0 Å². The number of hydrogen-bond acceptors (Lipinski definition) is 0. The van der Waals surface area contributed by atoms with Gasteiger partial charge in [0, 0.05) is 0 Å². The van der Waals surface area contributed by atoms with Gasteiger partial charge in [0.15, 0.2) is 0 Å². The Bertz CT molecular complexity index is 137. The predicted molar refractivity (Wildman–Crippen MR) is 55.1 cm³/mol. The molecule has 12 heavy (non-hydrogen) atoms. The van der Waals surface area contributed by atoms with Gasteiger partial charge < -0.3 is 0 Å². The molecular weight excluding hydrogens is 144 g/mol. The lowest BCUT2D eigenvalue weighted by atomic mass is 9.81. The van der Waals surface area contributed by atoms with Crippen LogP contribution in [0.1, 0.15) is 47.5 Å². The summed E-state index contributed by atoms with van der Waals surface area (Å²) in [4.78, 5) is 0. The van der Waals surface area contributed by atoms with Gasteiger partial charge in [-0.05, 0) is 36.0 Å². The first-order chi connectivity index (χ1) is 5.57. The lowest BCUT2D eigenvalue weighted by Gasteiger charge is -2.24. The average molecular weight is 168 g/mol. The summed E-state index contributed by atoms with van der Waals surface area (Å²) in [5, 5.41) is 0. The van der Waals surface area contributed by atoms with Crippen molar-refractivity contribution in [2.24, 2.45) is 29.6 Å². The average Bonchev–Trinajstić information content (AvgIpc) is 2.29. The summed E-state index contributed by atoms with van der Waals surface area (Å²) in [7, 11) is 0. The fourth-order valence-corrected chi connectivity index (χ4v) is 3.07. The van der Waals surface area contributed by atoms with Crippen LogP contribution in [0.4, 0.5) is 0 Å². The van der Waals surface area contributed by atoms with Crippen LogP contribution < -0.4 is 0 Å². The molecule has 0 amide bonds. The maximum absolute atomic E-state index is 2.45. The van der Waals surface area contributed by atoms with Crippen molar-refractivity contribution >= 4 is 0 Å². The molecule has 0 bridgehead atoms. The monoisotopic (exact) mass is 168 g/mol. The van der Waals surface area contributed by atoms with E-state index >= 15 is 0 Å². The summed E-state index contributed by atoms with van der Waals surface area (Å²) in [6, 6.07) is 0. The maximum Gasteiger partial charge on any atom is -0.0358 e. The van der Waals surface area contributed by atoms with E-state index < -0.39 is 0 Å². The second-order valence-electron chi connectivity index (χ2n) is 5.05. The van der Waals surface area contributed by atoms with Gasteiger partial charge in [0.25, 0.3) is 0 Å². The van der Waals surface area contributed by atoms with E-state index in [1.807, 2.05) is 0 Å². The third-order valence-corrected chi connectivity index (χ3v) is 4.09. The van der Waals surface area contributed by atoms with Gasteiger partial charge >= 0.3 is 0 Å². The first-order valence-electron chi connectivity index (χ1n) is 5.57. The molecular formula is C12H24. The van der Waals surface area contributed by atoms with E-state index in [-0.39, 0.29) is 0 Å². The van der Waals surface area contributed by atoms with Gasteiger partial charge in [-0.2, -0.15) is 0 Å². The highest BCUT2D eigenvalue weighted by Crippen LogP contribution is 2.45. The molecule has 0 radical (unpaired) electrons. The first-order valence-corrected chi connectivity index (χ1v) is 5.57. The van der Waals surface area contributed by atoms with E-state index in [0.29, 0.717) is 0 Å². The zero-order chi connectivity index (χ0) is 9.30. The molecule has 1 aliphatic carbocycles. The standard InChI is InChI=1S/C12H24/c1-6-11-10(5)9(4)7-12(11)8(2)3/h8-12H,6-7H2,1-5H3. The fraction of sp³-hybridized carbons (Fsp3) is 1.00. The molecule has 4 atom stereocenters. The Morgan fingerprint density at radius 2 is 1.83 bits per heavy atom. The van der Waals surface area contributed by atoms with E-state index in [9.17, 15) is 0 Å². The van der Waals surface area contributed by atoms with Crippen molar-refractivity contribution in [1.82, 2.24) is 0 Å². The van der Waals surface area contributed by atoms with Crippen LogP contribution in [0, 0.1) is 29.6 Å². The minimum atomic E-state index is 0.891. The Morgan fingerprint density at radius 1 is 1.25 bits per heavy atom. The summed E-state index contributed by atoms with van der Waals surface area (Å²) in [5.41, 5.74) is 0. The third-order valence-electron chi connectivity index (χ3n) is 4.09. The molecule has 72 valence electrons. The SMILES string of the molecule is CCC1C(C)C(C)CC1C(C)C. The summed E-state index contributed by atoms with van der Waals surface area (Å²) >= 11 is 0. The third kappa shape index (κ3) is 1.67. The Hall–Kier alpha value is 0. The minimum Gasteiger partial charge on any atom is -0.0651 e.